The number of Topliss-reactive ketones (excluding diaryl/α,β-unsaturated/α-hetero) is 1. The lowest BCUT2D eigenvalue weighted by Gasteiger charge is -1.99. The topological polar surface area (TPSA) is 79.5 Å². The Morgan fingerprint density at radius 3 is 2.59 bits per heavy atom. The normalized spacial score (nSPS) is 14.3. The number of aliphatic hydroxyl groups is 1. The van der Waals surface area contributed by atoms with E-state index in [0.717, 1.165) is 5.56 Å². The van der Waals surface area contributed by atoms with Crippen molar-refractivity contribution >= 4 is 11.7 Å². The highest BCUT2D eigenvalue weighted by Crippen LogP contribution is 2.19. The molecule has 1 aliphatic heterocycles. The molecule has 0 spiro atoms. The molecule has 1 aromatic carbocycles. The molecule has 2 aromatic rings. The van der Waals surface area contributed by atoms with Crippen molar-refractivity contribution in [2.24, 2.45) is 0 Å². The van der Waals surface area contributed by atoms with Gasteiger partial charge in [-0.05, 0) is 29.8 Å². The van der Waals surface area contributed by atoms with Gasteiger partial charge in [0.25, 0.3) is 5.91 Å². The molecule has 1 aliphatic rings. The number of nitrogens with one attached hydrogen (secondary N) is 1. The van der Waals surface area contributed by atoms with Crippen LogP contribution in [0.4, 0.5) is 4.39 Å². The maximum atomic E-state index is 12.8. The van der Waals surface area contributed by atoms with E-state index in [-0.39, 0.29) is 23.7 Å². The molecule has 3 rings (SSSR count). The molecule has 1 aromatic heterocycles. The highest BCUT2D eigenvalue weighted by atomic mass is 19.1. The predicted molar refractivity (Wildman–Crippen MR) is 74.9 cm³/mol. The van der Waals surface area contributed by atoms with Crippen LogP contribution in [0.25, 0.3) is 0 Å². The molecule has 0 bridgehead atoms. The number of carbonyl (C=O) groups excluding carboxylic acids is 2. The standard InChI is InChI=1S/C16H12FNO4/c17-10-3-1-9(2-4-10)7-11-5-6-13(22-11)14(19)12-8-18-16(21)15(12)20/h1-6,20H,7-8H2,(H,18,21). The Balaban J connectivity index is 1.78. The van der Waals surface area contributed by atoms with Crippen molar-refractivity contribution in [2.75, 3.05) is 6.54 Å². The van der Waals surface area contributed by atoms with E-state index in [9.17, 15) is 19.1 Å². The molecule has 0 unspecified atom stereocenters. The number of ketones is 1. The summed E-state index contributed by atoms with van der Waals surface area (Å²) in [5.74, 6) is -1.49. The van der Waals surface area contributed by atoms with Crippen molar-refractivity contribution < 1.29 is 23.5 Å². The van der Waals surface area contributed by atoms with E-state index >= 15 is 0 Å². The van der Waals surface area contributed by atoms with Crippen molar-refractivity contribution in [1.82, 2.24) is 5.32 Å². The first-order chi connectivity index (χ1) is 10.5. The third-order valence-electron chi connectivity index (χ3n) is 3.38. The largest absolute Gasteiger partial charge is 0.503 e. The van der Waals surface area contributed by atoms with Gasteiger partial charge in [-0.1, -0.05) is 12.1 Å². The maximum Gasteiger partial charge on any atom is 0.286 e. The summed E-state index contributed by atoms with van der Waals surface area (Å²) in [5.41, 5.74) is 0.835. The van der Waals surface area contributed by atoms with Crippen LogP contribution in [-0.4, -0.2) is 23.3 Å². The molecule has 22 heavy (non-hydrogen) atoms. The molecule has 0 saturated heterocycles. The summed E-state index contributed by atoms with van der Waals surface area (Å²) < 4.78 is 18.3. The van der Waals surface area contributed by atoms with Crippen LogP contribution in [0, 0.1) is 5.82 Å². The van der Waals surface area contributed by atoms with Gasteiger partial charge in [0.15, 0.2) is 11.5 Å². The van der Waals surface area contributed by atoms with Gasteiger partial charge >= 0.3 is 0 Å². The van der Waals surface area contributed by atoms with Gasteiger partial charge in [0.2, 0.25) is 5.78 Å². The number of amides is 1. The first-order valence-corrected chi connectivity index (χ1v) is 6.63. The molecular formula is C16H12FNO4. The monoisotopic (exact) mass is 301 g/mol. The lowest BCUT2D eigenvalue weighted by Crippen LogP contribution is -2.17. The summed E-state index contributed by atoms with van der Waals surface area (Å²) in [6.07, 6.45) is 0.412. The lowest BCUT2D eigenvalue weighted by molar-refractivity contribution is -0.118. The molecule has 1 amide bonds. The van der Waals surface area contributed by atoms with E-state index in [1.165, 1.54) is 18.2 Å². The molecule has 0 radical (unpaired) electrons. The first kappa shape index (κ1) is 14.1. The number of halogens is 1. The third kappa shape index (κ3) is 2.63. The Bertz CT molecular complexity index is 774. The summed E-state index contributed by atoms with van der Waals surface area (Å²) in [6, 6.07) is 9.09. The Kier molecular flexibility index (Phi) is 3.50. The molecule has 0 saturated carbocycles. The summed E-state index contributed by atoms with van der Waals surface area (Å²) >= 11 is 0. The third-order valence-corrected chi connectivity index (χ3v) is 3.38. The van der Waals surface area contributed by atoms with Gasteiger partial charge in [0.1, 0.15) is 11.6 Å². The second-order valence-electron chi connectivity index (χ2n) is 4.91. The summed E-state index contributed by atoms with van der Waals surface area (Å²) in [5, 5.41) is 11.9. The van der Waals surface area contributed by atoms with Crippen molar-refractivity contribution in [1.29, 1.82) is 0 Å². The number of furan rings is 1. The zero-order valence-electron chi connectivity index (χ0n) is 11.4. The molecular weight excluding hydrogens is 289 g/mol. The van der Waals surface area contributed by atoms with E-state index in [1.54, 1.807) is 18.2 Å². The maximum absolute atomic E-state index is 12.8. The quantitative estimate of drug-likeness (QED) is 0.848. The van der Waals surface area contributed by atoms with Crippen LogP contribution in [0.5, 0.6) is 0 Å². The fourth-order valence-electron chi connectivity index (χ4n) is 2.21. The van der Waals surface area contributed by atoms with Gasteiger partial charge in [-0.2, -0.15) is 0 Å². The van der Waals surface area contributed by atoms with Gasteiger partial charge in [0, 0.05) is 6.42 Å². The number of rotatable bonds is 4. The molecule has 5 nitrogen and oxygen atoms in total. The number of carbonyl (C=O) groups is 2. The zero-order chi connectivity index (χ0) is 15.7. The van der Waals surface area contributed by atoms with Crippen molar-refractivity contribution in [3.05, 3.63) is 70.6 Å². The van der Waals surface area contributed by atoms with E-state index in [1.807, 2.05) is 0 Å². The summed E-state index contributed by atoms with van der Waals surface area (Å²) in [6.45, 7) is -0.0164. The van der Waals surface area contributed by atoms with Crippen LogP contribution < -0.4 is 5.32 Å². The van der Waals surface area contributed by atoms with Crippen LogP contribution >= 0.6 is 0 Å². The minimum absolute atomic E-state index is 0.00678. The molecule has 2 heterocycles. The smallest absolute Gasteiger partial charge is 0.286 e. The van der Waals surface area contributed by atoms with Crippen molar-refractivity contribution in [2.45, 2.75) is 6.42 Å². The number of hydrogen-bond donors (Lipinski definition) is 2. The predicted octanol–water partition coefficient (Wildman–Crippen LogP) is 2.13. The van der Waals surface area contributed by atoms with Gasteiger partial charge in [-0.3, -0.25) is 9.59 Å². The molecule has 0 aliphatic carbocycles. The van der Waals surface area contributed by atoms with E-state index < -0.39 is 17.4 Å². The summed E-state index contributed by atoms with van der Waals surface area (Å²) in [4.78, 5) is 23.3. The average Bonchev–Trinajstić information content (AvgIpc) is 3.09. The van der Waals surface area contributed by atoms with Crippen LogP contribution in [-0.2, 0) is 11.2 Å². The zero-order valence-corrected chi connectivity index (χ0v) is 11.4. The fraction of sp³-hybridized carbons (Fsp3) is 0.125. The van der Waals surface area contributed by atoms with Gasteiger partial charge in [-0.25, -0.2) is 4.39 Å². The Morgan fingerprint density at radius 2 is 1.95 bits per heavy atom. The van der Waals surface area contributed by atoms with E-state index in [4.69, 9.17) is 4.42 Å². The second kappa shape index (κ2) is 5.48. The van der Waals surface area contributed by atoms with Crippen LogP contribution in [0.3, 0.4) is 0 Å². The lowest BCUT2D eigenvalue weighted by atomic mass is 10.1. The molecule has 112 valence electrons. The minimum atomic E-state index is -0.665. The van der Waals surface area contributed by atoms with Crippen LogP contribution in [0.15, 0.2) is 52.1 Å². The Labute approximate surface area is 125 Å². The van der Waals surface area contributed by atoms with Gasteiger partial charge in [0.05, 0.1) is 12.1 Å². The summed E-state index contributed by atoms with van der Waals surface area (Å²) in [7, 11) is 0. The molecule has 0 fully saturated rings. The van der Waals surface area contributed by atoms with Crippen molar-refractivity contribution in [3.63, 3.8) is 0 Å². The first-order valence-electron chi connectivity index (χ1n) is 6.63. The molecule has 0 atom stereocenters. The highest BCUT2D eigenvalue weighted by Gasteiger charge is 2.29. The van der Waals surface area contributed by atoms with Gasteiger partial charge < -0.3 is 14.8 Å². The fourth-order valence-corrected chi connectivity index (χ4v) is 2.21. The van der Waals surface area contributed by atoms with E-state index in [2.05, 4.69) is 5.32 Å². The second-order valence-corrected chi connectivity index (χ2v) is 4.91. The number of hydrogen-bond acceptors (Lipinski definition) is 4. The Morgan fingerprint density at radius 1 is 1.23 bits per heavy atom. The molecule has 2 N–H and O–H groups in total. The highest BCUT2D eigenvalue weighted by molar-refractivity contribution is 6.14. The van der Waals surface area contributed by atoms with E-state index in [0.29, 0.717) is 12.2 Å². The SMILES string of the molecule is O=C1NCC(C(=O)c2ccc(Cc3ccc(F)cc3)o2)=C1O. The number of benzene rings is 1. The number of aliphatic hydroxyl groups excluding tert-OH is 1. The van der Waals surface area contributed by atoms with Crippen LogP contribution in [0.1, 0.15) is 21.9 Å². The Hall–Kier alpha value is -2.89. The average molecular weight is 301 g/mol. The molecule has 6 heteroatoms. The minimum Gasteiger partial charge on any atom is -0.503 e. The van der Waals surface area contributed by atoms with Crippen molar-refractivity contribution in [3.8, 4) is 0 Å². The van der Waals surface area contributed by atoms with Gasteiger partial charge in [-0.15, -0.1) is 0 Å². The van der Waals surface area contributed by atoms with Crippen LogP contribution in [0.2, 0.25) is 0 Å².